The van der Waals surface area contributed by atoms with Crippen LogP contribution in [-0.4, -0.2) is 34.1 Å². The third kappa shape index (κ3) is 9.09. The molecule has 0 saturated carbocycles. The minimum atomic E-state index is -1.19. The number of nitrogens with zero attached hydrogens (tertiary/aromatic N) is 2. The average molecular weight is 936 g/mol. The van der Waals surface area contributed by atoms with Crippen molar-refractivity contribution in [3.8, 4) is 54.8 Å². The van der Waals surface area contributed by atoms with Crippen LogP contribution in [0.15, 0.2) is 100 Å². The van der Waals surface area contributed by atoms with E-state index >= 15 is 0 Å². The van der Waals surface area contributed by atoms with Gasteiger partial charge in [-0.25, -0.2) is 23.9 Å². The van der Waals surface area contributed by atoms with Crippen LogP contribution in [0.5, 0.6) is 0 Å². The lowest BCUT2D eigenvalue weighted by molar-refractivity contribution is 0.0598. The summed E-state index contributed by atoms with van der Waals surface area (Å²) in [5, 5.41) is 17.0. The first-order chi connectivity index (χ1) is 26.2. The number of hydrogen-bond acceptors (Lipinski definition) is 7. The molecule has 0 bridgehead atoms. The van der Waals surface area contributed by atoms with Crippen molar-refractivity contribution in [1.82, 2.24) is 9.97 Å². The quantitative estimate of drug-likeness (QED) is 0.160. The molecular formula is C40H23BrCl5FN2O4S2. The van der Waals surface area contributed by atoms with Gasteiger partial charge in [0.05, 0.1) is 54.7 Å². The molecule has 2 heterocycles. The molecule has 0 amide bonds. The Bertz CT molecular complexity index is 2620. The summed E-state index contributed by atoms with van der Waals surface area (Å²) < 4.78 is 20.2. The largest absolute Gasteiger partial charge is 0.478 e. The highest BCUT2D eigenvalue weighted by Gasteiger charge is 2.21. The van der Waals surface area contributed by atoms with Gasteiger partial charge in [-0.1, -0.05) is 94.4 Å². The zero-order chi connectivity index (χ0) is 39.6. The number of aromatic nitrogens is 2. The van der Waals surface area contributed by atoms with E-state index in [2.05, 4.69) is 25.9 Å². The van der Waals surface area contributed by atoms with Gasteiger partial charge in [0, 0.05) is 48.6 Å². The summed E-state index contributed by atoms with van der Waals surface area (Å²) in [5.74, 6) is -2.13. The predicted octanol–water partition coefficient (Wildman–Crippen LogP) is 14.6. The number of aromatic carboxylic acids is 1. The molecule has 15 heteroatoms. The Hall–Kier alpha value is -3.84. The summed E-state index contributed by atoms with van der Waals surface area (Å²) in [4.78, 5) is 33.0. The predicted molar refractivity (Wildman–Crippen MR) is 227 cm³/mol. The Morgan fingerprint density at radius 2 is 1.16 bits per heavy atom. The maximum Gasteiger partial charge on any atom is 0.339 e. The summed E-state index contributed by atoms with van der Waals surface area (Å²) >= 11 is 36.5. The summed E-state index contributed by atoms with van der Waals surface area (Å²) in [6, 6.07) is 23.9. The first-order valence-corrected chi connectivity index (χ1v) is 20.2. The number of rotatable bonds is 7. The number of ether oxygens (including phenoxy) is 1. The summed E-state index contributed by atoms with van der Waals surface area (Å²) in [6.07, 6.45) is 0. The first kappa shape index (κ1) is 40.8. The molecule has 1 N–H and O–H groups in total. The van der Waals surface area contributed by atoms with Crippen LogP contribution in [0.25, 0.3) is 54.8 Å². The smallest absolute Gasteiger partial charge is 0.339 e. The van der Waals surface area contributed by atoms with Crippen molar-refractivity contribution < 1.29 is 23.8 Å². The molecule has 0 aliphatic rings. The molecular weight excluding hydrogens is 913 g/mol. The van der Waals surface area contributed by atoms with Gasteiger partial charge in [-0.3, -0.25) is 0 Å². The second kappa shape index (κ2) is 17.5. The van der Waals surface area contributed by atoms with E-state index in [4.69, 9.17) is 62.7 Å². The van der Waals surface area contributed by atoms with Gasteiger partial charge >= 0.3 is 11.9 Å². The van der Waals surface area contributed by atoms with Gasteiger partial charge in [0.25, 0.3) is 0 Å². The van der Waals surface area contributed by atoms with Crippen LogP contribution in [0.2, 0.25) is 25.1 Å². The summed E-state index contributed by atoms with van der Waals surface area (Å²) in [7, 11) is 1.35. The van der Waals surface area contributed by atoms with E-state index in [0.29, 0.717) is 52.0 Å². The highest BCUT2D eigenvalue weighted by Crippen LogP contribution is 2.39. The molecule has 5 aromatic carbocycles. The lowest BCUT2D eigenvalue weighted by Gasteiger charge is -2.12. The van der Waals surface area contributed by atoms with Crippen molar-refractivity contribution in [3.63, 3.8) is 0 Å². The normalized spacial score (nSPS) is 10.9. The molecule has 0 unspecified atom stereocenters. The molecule has 0 atom stereocenters. The van der Waals surface area contributed by atoms with Crippen molar-refractivity contribution in [2.75, 3.05) is 7.11 Å². The number of methoxy groups -OCH3 is 1. The minimum Gasteiger partial charge on any atom is -0.478 e. The number of esters is 1. The first-order valence-electron chi connectivity index (χ1n) is 15.8. The van der Waals surface area contributed by atoms with Gasteiger partial charge in [-0.05, 0) is 76.9 Å². The lowest BCUT2D eigenvalue weighted by Crippen LogP contribution is -2.02. The number of carboxylic acids is 1. The number of carboxylic acid groups (broad SMARTS) is 1. The van der Waals surface area contributed by atoms with Gasteiger partial charge in [0.15, 0.2) is 0 Å². The Labute approximate surface area is 356 Å². The van der Waals surface area contributed by atoms with Crippen LogP contribution < -0.4 is 0 Å². The Morgan fingerprint density at radius 1 is 0.673 bits per heavy atom. The number of carbonyl (C=O) groups is 2. The highest BCUT2D eigenvalue weighted by molar-refractivity contribution is 9.10. The molecule has 7 aromatic rings. The minimum absolute atomic E-state index is 0.0600. The second-order valence-electron chi connectivity index (χ2n) is 11.6. The van der Waals surface area contributed by atoms with E-state index in [1.807, 2.05) is 29.0 Å². The molecule has 278 valence electrons. The SMILES string of the molecule is COC(=O)c1cc(-c2nc(-c3ccc(Cl)c(Cl)c3)cs2)ccc1Br.Cc1ccc(Cl)c(-c2ccc(-c3nc(-c4ccc(Cl)c(Cl)c4)cs3)cc2C(=O)O)c1F. The van der Waals surface area contributed by atoms with Crippen LogP contribution in [0.4, 0.5) is 4.39 Å². The van der Waals surface area contributed by atoms with E-state index in [9.17, 15) is 19.1 Å². The number of hydrogen-bond donors (Lipinski definition) is 1. The number of aryl methyl sites for hydroxylation is 1. The summed E-state index contributed by atoms with van der Waals surface area (Å²) in [6.45, 7) is 1.60. The molecule has 0 radical (unpaired) electrons. The molecule has 55 heavy (non-hydrogen) atoms. The fourth-order valence-corrected chi connectivity index (χ4v) is 8.19. The number of halogens is 7. The van der Waals surface area contributed by atoms with Gasteiger partial charge in [0.1, 0.15) is 15.8 Å². The van der Waals surface area contributed by atoms with Gasteiger partial charge in [-0.15, -0.1) is 22.7 Å². The van der Waals surface area contributed by atoms with Crippen LogP contribution in [0, 0.1) is 12.7 Å². The van der Waals surface area contributed by atoms with Crippen molar-refractivity contribution in [3.05, 3.63) is 148 Å². The van der Waals surface area contributed by atoms with E-state index in [1.54, 1.807) is 67.6 Å². The van der Waals surface area contributed by atoms with E-state index in [1.165, 1.54) is 35.8 Å². The third-order valence-corrected chi connectivity index (χ3v) is 12.4. The molecule has 0 fully saturated rings. The van der Waals surface area contributed by atoms with Crippen LogP contribution >= 0.6 is 96.6 Å². The van der Waals surface area contributed by atoms with E-state index in [0.717, 1.165) is 27.4 Å². The Balaban J connectivity index is 0.000000193. The van der Waals surface area contributed by atoms with Crippen LogP contribution in [0.3, 0.4) is 0 Å². The van der Waals surface area contributed by atoms with E-state index in [-0.39, 0.29) is 21.7 Å². The van der Waals surface area contributed by atoms with Crippen molar-refractivity contribution >= 4 is 109 Å². The van der Waals surface area contributed by atoms with Crippen molar-refractivity contribution in [1.29, 1.82) is 0 Å². The van der Waals surface area contributed by atoms with Gasteiger partial charge in [-0.2, -0.15) is 0 Å². The zero-order valence-corrected chi connectivity index (χ0v) is 35.3. The lowest BCUT2D eigenvalue weighted by atomic mass is 9.95. The Morgan fingerprint density at radius 3 is 1.67 bits per heavy atom. The molecule has 0 aliphatic heterocycles. The average Bonchev–Trinajstić information content (AvgIpc) is 3.87. The zero-order valence-electron chi connectivity index (χ0n) is 28.3. The molecule has 6 nitrogen and oxygen atoms in total. The monoisotopic (exact) mass is 932 g/mol. The fraction of sp³-hybridized carbons (Fsp3) is 0.0500. The number of benzene rings is 5. The molecule has 2 aromatic heterocycles. The molecule has 0 saturated heterocycles. The third-order valence-electron chi connectivity index (χ3n) is 8.11. The maximum absolute atomic E-state index is 14.8. The van der Waals surface area contributed by atoms with Gasteiger partial charge < -0.3 is 9.84 Å². The van der Waals surface area contributed by atoms with Crippen LogP contribution in [-0.2, 0) is 4.74 Å². The van der Waals surface area contributed by atoms with Crippen molar-refractivity contribution in [2.24, 2.45) is 0 Å². The fourth-order valence-electron chi connectivity index (χ4n) is 5.29. The number of carbonyl (C=O) groups excluding carboxylic acids is 1. The van der Waals surface area contributed by atoms with E-state index < -0.39 is 17.8 Å². The molecule has 0 spiro atoms. The maximum atomic E-state index is 14.8. The Kier molecular flexibility index (Phi) is 13.0. The topological polar surface area (TPSA) is 89.4 Å². The molecule has 0 aliphatic carbocycles. The number of thiazole rings is 2. The van der Waals surface area contributed by atoms with Crippen LogP contribution in [0.1, 0.15) is 26.3 Å². The summed E-state index contributed by atoms with van der Waals surface area (Å²) in [5.41, 5.74) is 5.67. The van der Waals surface area contributed by atoms with Crippen molar-refractivity contribution in [2.45, 2.75) is 6.92 Å². The highest BCUT2D eigenvalue weighted by atomic mass is 79.9. The second-order valence-corrected chi connectivity index (χ2v) is 16.2. The molecule has 7 rings (SSSR count). The standard InChI is InChI=1S/C23H13Cl3FNO2S.C17H10BrCl2NO2S/c1-11-2-6-17(25)20(21(11)27)14-5-3-13(8-15(14)23(29)30)22-28-19(10-31-22)12-4-7-16(24)18(26)9-12;1-23-17(22)11-6-10(2-4-12(11)18)16-21-15(8-24-16)9-3-5-13(19)14(20)7-9/h2-10H,1H3,(H,29,30);2-8H,1H3. The van der Waals surface area contributed by atoms with Gasteiger partial charge in [0.2, 0.25) is 0 Å².